The van der Waals surface area contributed by atoms with Crippen molar-refractivity contribution in [1.82, 2.24) is 10.3 Å². The fourth-order valence-electron chi connectivity index (χ4n) is 2.77. The van der Waals surface area contributed by atoms with Crippen LogP contribution in [0.3, 0.4) is 0 Å². The molecular formula is C15H22FN3O. The second-order valence-electron chi connectivity index (χ2n) is 5.49. The van der Waals surface area contributed by atoms with Gasteiger partial charge in [0.25, 0.3) is 5.91 Å². The third kappa shape index (κ3) is 3.46. The summed E-state index contributed by atoms with van der Waals surface area (Å²) in [6.07, 6.45) is 6.80. The van der Waals surface area contributed by atoms with Crippen molar-refractivity contribution in [3.05, 3.63) is 23.6 Å². The Bertz CT molecular complexity index is 478. The summed E-state index contributed by atoms with van der Waals surface area (Å²) in [6.45, 7) is 2.17. The maximum Gasteiger partial charge on any atom is 0.255 e. The van der Waals surface area contributed by atoms with E-state index in [0.717, 1.165) is 25.5 Å². The van der Waals surface area contributed by atoms with Crippen LogP contribution >= 0.6 is 0 Å². The molecule has 0 spiro atoms. The van der Waals surface area contributed by atoms with Gasteiger partial charge < -0.3 is 10.6 Å². The molecule has 1 amide bonds. The number of halogens is 1. The zero-order chi connectivity index (χ0) is 14.5. The van der Waals surface area contributed by atoms with Gasteiger partial charge in [-0.1, -0.05) is 26.2 Å². The van der Waals surface area contributed by atoms with Crippen LogP contribution in [0.25, 0.3) is 0 Å². The first kappa shape index (κ1) is 14.8. The highest BCUT2D eigenvalue weighted by Gasteiger charge is 2.23. The molecule has 4 nitrogen and oxygen atoms in total. The highest BCUT2D eigenvalue weighted by molar-refractivity contribution is 5.98. The molecule has 1 heterocycles. The Balaban J connectivity index is 2.12. The van der Waals surface area contributed by atoms with Gasteiger partial charge in [-0.3, -0.25) is 4.79 Å². The van der Waals surface area contributed by atoms with Crippen molar-refractivity contribution in [2.24, 2.45) is 5.92 Å². The molecular weight excluding hydrogens is 257 g/mol. The van der Waals surface area contributed by atoms with E-state index in [1.807, 2.05) is 0 Å². The van der Waals surface area contributed by atoms with Gasteiger partial charge in [0, 0.05) is 13.1 Å². The van der Waals surface area contributed by atoms with E-state index in [-0.39, 0.29) is 17.5 Å². The fraction of sp³-hybridized carbons (Fsp3) is 0.600. The molecule has 1 aliphatic carbocycles. The first-order chi connectivity index (χ1) is 9.61. The number of aromatic nitrogens is 1. The van der Waals surface area contributed by atoms with Gasteiger partial charge in [-0.2, -0.15) is 0 Å². The highest BCUT2D eigenvalue weighted by atomic mass is 19.1. The van der Waals surface area contributed by atoms with Gasteiger partial charge in [0.2, 0.25) is 0 Å². The summed E-state index contributed by atoms with van der Waals surface area (Å²) in [6, 6.07) is 1.40. The molecule has 1 saturated carbocycles. The van der Waals surface area contributed by atoms with E-state index in [1.54, 1.807) is 7.05 Å². The van der Waals surface area contributed by atoms with Crippen LogP contribution in [0.15, 0.2) is 12.3 Å². The Morgan fingerprint density at radius 1 is 1.35 bits per heavy atom. The lowest BCUT2D eigenvalue weighted by atomic mass is 9.96. The van der Waals surface area contributed by atoms with Gasteiger partial charge >= 0.3 is 0 Å². The Morgan fingerprint density at radius 2 is 2.10 bits per heavy atom. The Kier molecular flexibility index (Phi) is 4.93. The van der Waals surface area contributed by atoms with Gasteiger partial charge in [0.15, 0.2) is 0 Å². The standard InChI is InChI=1S/C15H22FN3O/c1-10-6-4-3-5-7-13(10)19-15(20)12-8-11(16)9-18-14(12)17-2/h8-10,13H,3-7H2,1-2H3,(H,17,18)(H,19,20). The van der Waals surface area contributed by atoms with Crippen molar-refractivity contribution in [2.75, 3.05) is 12.4 Å². The summed E-state index contributed by atoms with van der Waals surface area (Å²) in [4.78, 5) is 16.2. The van der Waals surface area contributed by atoms with Crippen molar-refractivity contribution in [2.45, 2.75) is 45.1 Å². The maximum atomic E-state index is 13.3. The smallest absolute Gasteiger partial charge is 0.255 e. The minimum atomic E-state index is -0.497. The van der Waals surface area contributed by atoms with Crippen LogP contribution in [-0.4, -0.2) is 24.0 Å². The number of anilines is 1. The molecule has 5 heteroatoms. The minimum Gasteiger partial charge on any atom is -0.372 e. The lowest BCUT2D eigenvalue weighted by Crippen LogP contribution is -2.39. The fourth-order valence-corrected chi connectivity index (χ4v) is 2.77. The van der Waals surface area contributed by atoms with Crippen molar-refractivity contribution in [1.29, 1.82) is 0 Å². The van der Waals surface area contributed by atoms with Gasteiger partial charge in [-0.15, -0.1) is 0 Å². The lowest BCUT2D eigenvalue weighted by Gasteiger charge is -2.23. The number of carbonyl (C=O) groups excluding carboxylic acids is 1. The van der Waals surface area contributed by atoms with E-state index in [0.29, 0.717) is 11.7 Å². The van der Waals surface area contributed by atoms with E-state index in [4.69, 9.17) is 0 Å². The Morgan fingerprint density at radius 3 is 2.85 bits per heavy atom. The topological polar surface area (TPSA) is 54.0 Å². The van der Waals surface area contributed by atoms with Gasteiger partial charge in [-0.25, -0.2) is 9.37 Å². The lowest BCUT2D eigenvalue weighted by molar-refractivity contribution is 0.0921. The first-order valence-corrected chi connectivity index (χ1v) is 7.26. The van der Waals surface area contributed by atoms with Crippen LogP contribution in [0.5, 0.6) is 0 Å². The van der Waals surface area contributed by atoms with Gasteiger partial charge in [0.1, 0.15) is 11.6 Å². The maximum absolute atomic E-state index is 13.3. The van der Waals surface area contributed by atoms with E-state index >= 15 is 0 Å². The Hall–Kier alpha value is -1.65. The highest BCUT2D eigenvalue weighted by Crippen LogP contribution is 2.23. The molecule has 1 aliphatic rings. The number of hydrogen-bond acceptors (Lipinski definition) is 3. The molecule has 0 radical (unpaired) electrons. The summed E-state index contributed by atoms with van der Waals surface area (Å²) in [7, 11) is 1.67. The molecule has 2 unspecified atom stereocenters. The van der Waals surface area contributed by atoms with Crippen LogP contribution < -0.4 is 10.6 Å². The van der Waals surface area contributed by atoms with Crippen LogP contribution in [0.4, 0.5) is 10.2 Å². The molecule has 20 heavy (non-hydrogen) atoms. The average Bonchev–Trinajstić information content (AvgIpc) is 2.64. The predicted octanol–water partition coefficient (Wildman–Crippen LogP) is 2.96. The molecule has 2 N–H and O–H groups in total. The number of amides is 1. The van der Waals surface area contributed by atoms with E-state index in [9.17, 15) is 9.18 Å². The van der Waals surface area contributed by atoms with E-state index in [2.05, 4.69) is 22.5 Å². The van der Waals surface area contributed by atoms with Crippen molar-refractivity contribution >= 4 is 11.7 Å². The largest absolute Gasteiger partial charge is 0.372 e. The summed E-state index contributed by atoms with van der Waals surface area (Å²) < 4.78 is 13.3. The molecule has 2 atom stereocenters. The molecule has 0 bridgehead atoms. The quantitative estimate of drug-likeness (QED) is 0.836. The van der Waals surface area contributed by atoms with Gasteiger partial charge in [-0.05, 0) is 24.8 Å². The molecule has 1 aromatic heterocycles. The van der Waals surface area contributed by atoms with Crippen molar-refractivity contribution in [3.63, 3.8) is 0 Å². The average molecular weight is 279 g/mol. The number of carbonyl (C=O) groups is 1. The van der Waals surface area contributed by atoms with Crippen LogP contribution in [0, 0.1) is 11.7 Å². The summed E-state index contributed by atoms with van der Waals surface area (Å²) in [5, 5.41) is 5.87. The molecule has 0 saturated heterocycles. The van der Waals surface area contributed by atoms with E-state index in [1.165, 1.54) is 18.9 Å². The normalized spacial score (nSPS) is 22.9. The van der Waals surface area contributed by atoms with E-state index < -0.39 is 5.82 Å². The third-order valence-corrected chi connectivity index (χ3v) is 4.01. The second-order valence-corrected chi connectivity index (χ2v) is 5.49. The second kappa shape index (κ2) is 6.68. The SMILES string of the molecule is CNc1ncc(F)cc1C(=O)NC1CCCCCC1C. The van der Waals surface area contributed by atoms with Crippen molar-refractivity contribution < 1.29 is 9.18 Å². The van der Waals surface area contributed by atoms with Gasteiger partial charge in [0.05, 0.1) is 11.8 Å². The predicted molar refractivity (Wildman–Crippen MR) is 77.2 cm³/mol. The third-order valence-electron chi connectivity index (χ3n) is 4.01. The zero-order valence-corrected chi connectivity index (χ0v) is 12.1. The molecule has 0 aliphatic heterocycles. The molecule has 1 aromatic rings. The number of pyridine rings is 1. The zero-order valence-electron chi connectivity index (χ0n) is 12.1. The number of nitrogens with zero attached hydrogens (tertiary/aromatic N) is 1. The molecule has 110 valence electrons. The number of nitrogens with one attached hydrogen (secondary N) is 2. The number of rotatable bonds is 3. The Labute approximate surface area is 119 Å². The summed E-state index contributed by atoms with van der Waals surface area (Å²) >= 11 is 0. The van der Waals surface area contributed by atoms with Crippen LogP contribution in [0.1, 0.15) is 49.4 Å². The number of hydrogen-bond donors (Lipinski definition) is 2. The van der Waals surface area contributed by atoms with Crippen molar-refractivity contribution in [3.8, 4) is 0 Å². The first-order valence-electron chi connectivity index (χ1n) is 7.26. The minimum absolute atomic E-state index is 0.165. The monoisotopic (exact) mass is 279 g/mol. The molecule has 1 fully saturated rings. The summed E-state index contributed by atoms with van der Waals surface area (Å²) in [5.74, 6) is 0.120. The molecule has 2 rings (SSSR count). The van der Waals surface area contributed by atoms with Crippen LogP contribution in [-0.2, 0) is 0 Å². The molecule has 0 aromatic carbocycles. The summed E-state index contributed by atoms with van der Waals surface area (Å²) in [5.41, 5.74) is 0.268. The van der Waals surface area contributed by atoms with Crippen LogP contribution in [0.2, 0.25) is 0 Å².